The number of amides is 1. The van der Waals surface area contributed by atoms with Crippen LogP contribution in [0.4, 0.5) is 8.78 Å². The average Bonchev–Trinajstić information content (AvgIpc) is 3.13. The van der Waals surface area contributed by atoms with Crippen molar-refractivity contribution in [3.8, 4) is 5.06 Å². The van der Waals surface area contributed by atoms with E-state index in [0.717, 1.165) is 11.3 Å². The van der Waals surface area contributed by atoms with Gasteiger partial charge in [0, 0.05) is 11.3 Å². The Balaban J connectivity index is 2.00. The van der Waals surface area contributed by atoms with Crippen LogP contribution in [0.25, 0.3) is 0 Å². The first-order valence-electron chi connectivity index (χ1n) is 7.80. The van der Waals surface area contributed by atoms with Gasteiger partial charge in [-0.1, -0.05) is 22.9 Å². The number of fused-ring (bicyclic) bond motifs is 1. The molecule has 144 valence electrons. The Morgan fingerprint density at radius 3 is 2.78 bits per heavy atom. The van der Waals surface area contributed by atoms with Gasteiger partial charge >= 0.3 is 12.6 Å². The molecule has 1 aromatic rings. The van der Waals surface area contributed by atoms with Crippen molar-refractivity contribution < 1.29 is 33.3 Å². The van der Waals surface area contributed by atoms with Crippen LogP contribution in [-0.4, -0.2) is 39.6 Å². The number of allylic oxidation sites excluding steroid dienone is 2. The van der Waals surface area contributed by atoms with Crippen molar-refractivity contribution in [1.82, 2.24) is 4.90 Å². The highest BCUT2D eigenvalue weighted by Gasteiger charge is 2.42. The lowest BCUT2D eigenvalue weighted by atomic mass is 9.92. The van der Waals surface area contributed by atoms with Gasteiger partial charge in [0.25, 0.3) is 5.91 Å². The number of alkyl halides is 2. The van der Waals surface area contributed by atoms with Crippen molar-refractivity contribution in [3.63, 3.8) is 0 Å². The second-order valence-electron chi connectivity index (χ2n) is 5.88. The van der Waals surface area contributed by atoms with Crippen molar-refractivity contribution in [2.45, 2.75) is 32.4 Å². The third kappa shape index (κ3) is 3.57. The molecule has 1 amide bonds. The molecule has 0 bridgehead atoms. The van der Waals surface area contributed by atoms with Crippen molar-refractivity contribution in [3.05, 3.63) is 50.7 Å². The molecule has 0 spiro atoms. The molecular weight excluding hydrogens is 404 g/mol. The van der Waals surface area contributed by atoms with Crippen LogP contribution in [0.15, 0.2) is 45.8 Å². The number of carboxylic acids is 1. The normalized spacial score (nSPS) is 19.5. The molecular formula is C17H14ClF2NO5S. The third-order valence-electron chi connectivity index (χ3n) is 4.31. The van der Waals surface area contributed by atoms with Crippen molar-refractivity contribution >= 4 is 34.8 Å². The minimum absolute atomic E-state index is 0.00468. The summed E-state index contributed by atoms with van der Waals surface area (Å²) in [6.07, 6.45) is 1.33. The average molecular weight is 418 g/mol. The zero-order valence-electron chi connectivity index (χ0n) is 13.9. The molecule has 0 radical (unpaired) electrons. The fourth-order valence-corrected chi connectivity index (χ4v) is 4.34. The van der Waals surface area contributed by atoms with E-state index in [1.54, 1.807) is 6.92 Å². The van der Waals surface area contributed by atoms with Gasteiger partial charge in [-0.05, 0) is 37.1 Å². The van der Waals surface area contributed by atoms with Gasteiger partial charge in [0.1, 0.15) is 5.76 Å². The molecule has 6 nitrogen and oxygen atoms in total. The van der Waals surface area contributed by atoms with Crippen molar-refractivity contribution in [2.24, 2.45) is 0 Å². The van der Waals surface area contributed by atoms with E-state index in [-0.39, 0.29) is 33.6 Å². The summed E-state index contributed by atoms with van der Waals surface area (Å²) in [6, 6.07) is 2.07. The Morgan fingerprint density at radius 1 is 1.44 bits per heavy atom. The van der Waals surface area contributed by atoms with Gasteiger partial charge in [-0.25, -0.2) is 0 Å². The van der Waals surface area contributed by atoms with Crippen LogP contribution in [0, 0.1) is 0 Å². The molecule has 2 aliphatic rings. The van der Waals surface area contributed by atoms with Gasteiger partial charge in [-0.2, -0.15) is 8.78 Å². The Morgan fingerprint density at radius 2 is 2.15 bits per heavy atom. The third-order valence-corrected chi connectivity index (χ3v) is 5.67. The van der Waals surface area contributed by atoms with Gasteiger partial charge in [-0.3, -0.25) is 9.59 Å². The summed E-state index contributed by atoms with van der Waals surface area (Å²) >= 11 is 6.95. The van der Waals surface area contributed by atoms with Gasteiger partial charge in [0.15, 0.2) is 5.06 Å². The van der Waals surface area contributed by atoms with Crippen LogP contribution in [-0.2, 0) is 4.79 Å². The van der Waals surface area contributed by atoms with Gasteiger partial charge < -0.3 is 19.8 Å². The standard InChI is InChI=1S/C17H14ClF2NO5S/c1-7-8(6-12(23)24)14-9(2-3-10(22)15(14)18)21(7)16(25)11-4-5-13(27-11)26-17(19)20/h3-5,9,17,22H,2,6H2,1H3,(H,23,24). The minimum atomic E-state index is -3.00. The van der Waals surface area contributed by atoms with E-state index in [1.807, 2.05) is 0 Å². The first-order valence-corrected chi connectivity index (χ1v) is 8.99. The summed E-state index contributed by atoms with van der Waals surface area (Å²) in [5.74, 6) is -1.76. The smallest absolute Gasteiger partial charge is 0.388 e. The largest absolute Gasteiger partial charge is 0.507 e. The number of rotatable bonds is 5. The Labute approximate surface area is 161 Å². The SMILES string of the molecule is CC1=C(CC(=O)O)C2=C(Cl)C(O)=CCC2N1C(=O)c1ccc(OC(F)F)s1. The number of aliphatic carboxylic acids is 1. The van der Waals surface area contributed by atoms with Crippen LogP contribution in [0.2, 0.25) is 0 Å². The van der Waals surface area contributed by atoms with Crippen LogP contribution in [0.5, 0.6) is 5.06 Å². The molecule has 3 rings (SSSR count). The summed E-state index contributed by atoms with van der Waals surface area (Å²) in [5.41, 5.74) is 1.14. The molecule has 1 unspecified atom stereocenters. The second-order valence-corrected chi connectivity index (χ2v) is 7.30. The van der Waals surface area contributed by atoms with Crippen LogP contribution >= 0.6 is 22.9 Å². The maximum Gasteiger partial charge on any atom is 0.388 e. The minimum Gasteiger partial charge on any atom is -0.507 e. The quantitative estimate of drug-likeness (QED) is 0.747. The first kappa shape index (κ1) is 19.4. The number of carbonyl (C=O) groups is 2. The Bertz CT molecular complexity index is 905. The van der Waals surface area contributed by atoms with E-state index in [4.69, 9.17) is 11.6 Å². The van der Waals surface area contributed by atoms with E-state index in [0.29, 0.717) is 16.8 Å². The molecule has 1 atom stereocenters. The molecule has 0 fully saturated rings. The highest BCUT2D eigenvalue weighted by molar-refractivity contribution is 7.15. The van der Waals surface area contributed by atoms with E-state index in [9.17, 15) is 28.6 Å². The van der Waals surface area contributed by atoms with Crippen molar-refractivity contribution in [1.29, 1.82) is 0 Å². The molecule has 1 aromatic heterocycles. The molecule has 0 aromatic carbocycles. The zero-order valence-corrected chi connectivity index (χ0v) is 15.5. The molecule has 10 heteroatoms. The number of nitrogens with zero attached hydrogens (tertiary/aromatic N) is 1. The molecule has 1 aliphatic carbocycles. The number of hydrogen-bond acceptors (Lipinski definition) is 5. The maximum atomic E-state index is 13.0. The van der Waals surface area contributed by atoms with Gasteiger partial charge in [0.2, 0.25) is 0 Å². The topological polar surface area (TPSA) is 87.1 Å². The fraction of sp³-hybridized carbons (Fsp3) is 0.294. The summed E-state index contributed by atoms with van der Waals surface area (Å²) in [5, 5.41) is 19.0. The number of thiophene rings is 1. The summed E-state index contributed by atoms with van der Waals surface area (Å²) in [6.45, 7) is -1.41. The van der Waals surface area contributed by atoms with E-state index >= 15 is 0 Å². The Kier molecular flexibility index (Phi) is 5.25. The highest BCUT2D eigenvalue weighted by Crippen LogP contribution is 2.45. The van der Waals surface area contributed by atoms with Crippen LogP contribution < -0.4 is 4.74 Å². The van der Waals surface area contributed by atoms with Gasteiger partial charge in [0.05, 0.1) is 22.4 Å². The van der Waals surface area contributed by atoms with E-state index < -0.39 is 24.5 Å². The Hall–Kier alpha value is -2.39. The number of halogens is 3. The van der Waals surface area contributed by atoms with Gasteiger partial charge in [-0.15, -0.1) is 0 Å². The second kappa shape index (κ2) is 7.32. The lowest BCUT2D eigenvalue weighted by Crippen LogP contribution is -2.36. The van der Waals surface area contributed by atoms with E-state index in [2.05, 4.69) is 4.74 Å². The van der Waals surface area contributed by atoms with Crippen LogP contribution in [0.3, 0.4) is 0 Å². The molecule has 2 N–H and O–H groups in total. The summed E-state index contributed by atoms with van der Waals surface area (Å²) in [7, 11) is 0. The number of carbonyl (C=O) groups excluding carboxylic acids is 1. The number of aliphatic hydroxyl groups excluding tert-OH is 1. The molecule has 0 saturated heterocycles. The summed E-state index contributed by atoms with van der Waals surface area (Å²) in [4.78, 5) is 25.8. The van der Waals surface area contributed by atoms with Crippen LogP contribution in [0.1, 0.15) is 29.4 Å². The predicted molar refractivity (Wildman–Crippen MR) is 94.1 cm³/mol. The lowest BCUT2D eigenvalue weighted by molar-refractivity contribution is -0.136. The monoisotopic (exact) mass is 417 g/mol. The molecule has 0 saturated carbocycles. The number of ether oxygens (including phenoxy) is 1. The predicted octanol–water partition coefficient (Wildman–Crippen LogP) is 4.26. The molecule has 1 aliphatic heterocycles. The first-order chi connectivity index (χ1) is 12.7. The fourth-order valence-electron chi connectivity index (χ4n) is 3.23. The summed E-state index contributed by atoms with van der Waals surface area (Å²) < 4.78 is 29.0. The molecule has 27 heavy (non-hydrogen) atoms. The number of hydrogen-bond donors (Lipinski definition) is 2. The number of aliphatic hydroxyl groups is 1. The van der Waals surface area contributed by atoms with E-state index in [1.165, 1.54) is 23.1 Å². The lowest BCUT2D eigenvalue weighted by Gasteiger charge is -2.28. The number of carboxylic acid groups (broad SMARTS) is 1. The molecule has 2 heterocycles. The maximum absolute atomic E-state index is 13.0. The highest BCUT2D eigenvalue weighted by atomic mass is 35.5. The van der Waals surface area contributed by atoms with Crippen molar-refractivity contribution in [2.75, 3.05) is 0 Å². The zero-order chi connectivity index (χ0) is 19.9.